The number of piperidine rings is 1. The summed E-state index contributed by atoms with van der Waals surface area (Å²) >= 11 is 0. The molecule has 1 aromatic heterocycles. The summed E-state index contributed by atoms with van der Waals surface area (Å²) in [5.41, 5.74) is 0. The van der Waals surface area contributed by atoms with Gasteiger partial charge in [0.2, 0.25) is 5.88 Å². The summed E-state index contributed by atoms with van der Waals surface area (Å²) in [5, 5.41) is 3.35. The van der Waals surface area contributed by atoms with Crippen molar-refractivity contribution in [3.63, 3.8) is 0 Å². The van der Waals surface area contributed by atoms with E-state index in [2.05, 4.69) is 22.2 Å². The van der Waals surface area contributed by atoms with Crippen molar-refractivity contribution in [1.82, 2.24) is 15.3 Å². The van der Waals surface area contributed by atoms with Crippen LogP contribution in [0.4, 0.5) is 0 Å². The smallest absolute Gasteiger partial charge is 0.232 e. The maximum atomic E-state index is 5.75. The molecular weight excluding hydrogens is 190 g/mol. The van der Waals surface area contributed by atoms with E-state index in [1.54, 1.807) is 18.6 Å². The molecule has 1 aliphatic rings. The van der Waals surface area contributed by atoms with Gasteiger partial charge in [-0.15, -0.1) is 0 Å². The molecule has 1 saturated heterocycles. The Balaban J connectivity index is 1.88. The van der Waals surface area contributed by atoms with Gasteiger partial charge < -0.3 is 10.1 Å². The second-order valence-corrected chi connectivity index (χ2v) is 3.95. The maximum absolute atomic E-state index is 5.75. The van der Waals surface area contributed by atoms with E-state index >= 15 is 0 Å². The van der Waals surface area contributed by atoms with Gasteiger partial charge in [-0.2, -0.15) is 0 Å². The maximum Gasteiger partial charge on any atom is 0.232 e. The van der Waals surface area contributed by atoms with Crippen LogP contribution < -0.4 is 10.1 Å². The predicted molar refractivity (Wildman–Crippen MR) is 57.7 cm³/mol. The van der Waals surface area contributed by atoms with Crippen LogP contribution in [0.5, 0.6) is 5.88 Å². The molecule has 15 heavy (non-hydrogen) atoms. The highest BCUT2D eigenvalue weighted by Crippen LogP contribution is 2.19. The first-order valence-corrected chi connectivity index (χ1v) is 5.49. The monoisotopic (exact) mass is 207 g/mol. The minimum atomic E-state index is 0.226. The first kappa shape index (κ1) is 10.4. The molecule has 2 heterocycles. The molecule has 0 aliphatic carbocycles. The van der Waals surface area contributed by atoms with E-state index in [9.17, 15) is 0 Å². The zero-order valence-electron chi connectivity index (χ0n) is 9.02. The van der Waals surface area contributed by atoms with Gasteiger partial charge in [-0.3, -0.25) is 4.98 Å². The molecule has 0 bridgehead atoms. The molecule has 4 heteroatoms. The molecule has 0 radical (unpaired) electrons. The molecule has 1 unspecified atom stereocenters. The fourth-order valence-corrected chi connectivity index (χ4v) is 1.95. The summed E-state index contributed by atoms with van der Waals surface area (Å²) in [4.78, 5) is 8.10. The molecule has 4 nitrogen and oxygen atoms in total. The van der Waals surface area contributed by atoms with E-state index in [1.165, 1.54) is 12.8 Å². The lowest BCUT2D eigenvalue weighted by atomic mass is 9.93. The Labute approximate surface area is 90.1 Å². The lowest BCUT2D eigenvalue weighted by molar-refractivity contribution is 0.122. The Bertz CT molecular complexity index is 285. The van der Waals surface area contributed by atoms with Crippen molar-refractivity contribution in [2.45, 2.75) is 25.9 Å². The van der Waals surface area contributed by atoms with E-state index in [0.717, 1.165) is 13.1 Å². The fourth-order valence-electron chi connectivity index (χ4n) is 1.95. The lowest BCUT2D eigenvalue weighted by Gasteiger charge is -2.28. The summed E-state index contributed by atoms with van der Waals surface area (Å²) < 4.78 is 5.75. The van der Waals surface area contributed by atoms with Gasteiger partial charge in [0.05, 0.1) is 6.20 Å². The van der Waals surface area contributed by atoms with Gasteiger partial charge in [-0.1, -0.05) is 0 Å². The topological polar surface area (TPSA) is 47.0 Å². The van der Waals surface area contributed by atoms with Crippen LogP contribution in [0.2, 0.25) is 0 Å². The van der Waals surface area contributed by atoms with Crippen LogP contribution in [-0.2, 0) is 0 Å². The highest BCUT2D eigenvalue weighted by Gasteiger charge is 2.21. The summed E-state index contributed by atoms with van der Waals surface area (Å²) in [6.07, 6.45) is 7.57. The molecule has 2 rings (SSSR count). The van der Waals surface area contributed by atoms with Crippen LogP contribution in [0, 0.1) is 5.92 Å². The van der Waals surface area contributed by atoms with Gasteiger partial charge in [0, 0.05) is 12.4 Å². The van der Waals surface area contributed by atoms with Gasteiger partial charge in [-0.05, 0) is 38.8 Å². The average molecular weight is 207 g/mol. The molecule has 1 fully saturated rings. The average Bonchev–Trinajstić information content (AvgIpc) is 2.31. The highest BCUT2D eigenvalue weighted by molar-refractivity contribution is 5.02. The molecule has 0 saturated carbocycles. The minimum Gasteiger partial charge on any atom is -0.473 e. The molecule has 1 aliphatic heterocycles. The number of rotatable bonds is 3. The van der Waals surface area contributed by atoms with Crippen molar-refractivity contribution in [3.8, 4) is 5.88 Å². The second-order valence-electron chi connectivity index (χ2n) is 3.95. The van der Waals surface area contributed by atoms with Crippen molar-refractivity contribution in [1.29, 1.82) is 0 Å². The van der Waals surface area contributed by atoms with Crippen LogP contribution in [0.25, 0.3) is 0 Å². The quantitative estimate of drug-likeness (QED) is 0.810. The molecule has 82 valence electrons. The lowest BCUT2D eigenvalue weighted by Crippen LogP contribution is -2.35. The Kier molecular flexibility index (Phi) is 3.50. The van der Waals surface area contributed by atoms with Gasteiger partial charge >= 0.3 is 0 Å². The molecule has 0 aromatic carbocycles. The van der Waals surface area contributed by atoms with E-state index < -0.39 is 0 Å². The number of ether oxygens (including phenoxy) is 1. The van der Waals surface area contributed by atoms with Crippen LogP contribution in [-0.4, -0.2) is 29.2 Å². The summed E-state index contributed by atoms with van der Waals surface area (Å²) in [7, 11) is 0. The third kappa shape index (κ3) is 2.89. The molecule has 0 amide bonds. The predicted octanol–water partition coefficient (Wildman–Crippen LogP) is 1.24. The third-order valence-corrected chi connectivity index (χ3v) is 2.89. The van der Waals surface area contributed by atoms with Gasteiger partial charge in [-0.25, -0.2) is 4.98 Å². The third-order valence-electron chi connectivity index (χ3n) is 2.89. The van der Waals surface area contributed by atoms with Gasteiger partial charge in [0.25, 0.3) is 0 Å². The molecule has 1 atom stereocenters. The van der Waals surface area contributed by atoms with Crippen molar-refractivity contribution in [2.24, 2.45) is 5.92 Å². The number of aromatic nitrogens is 2. The molecule has 0 spiro atoms. The van der Waals surface area contributed by atoms with Gasteiger partial charge in [0.15, 0.2) is 0 Å². The zero-order chi connectivity index (χ0) is 10.5. The molecule has 1 aromatic rings. The van der Waals surface area contributed by atoms with Crippen LogP contribution >= 0.6 is 0 Å². The zero-order valence-corrected chi connectivity index (χ0v) is 9.02. The van der Waals surface area contributed by atoms with Crippen LogP contribution in [0.15, 0.2) is 18.6 Å². The Morgan fingerprint density at radius 1 is 1.40 bits per heavy atom. The van der Waals surface area contributed by atoms with Crippen molar-refractivity contribution < 1.29 is 4.74 Å². The summed E-state index contributed by atoms with van der Waals surface area (Å²) in [6.45, 7) is 4.31. The summed E-state index contributed by atoms with van der Waals surface area (Å²) in [5.74, 6) is 1.26. The number of nitrogens with one attached hydrogen (secondary N) is 1. The molecular formula is C11H17N3O. The van der Waals surface area contributed by atoms with Crippen LogP contribution in [0.3, 0.4) is 0 Å². The van der Waals surface area contributed by atoms with Crippen molar-refractivity contribution in [3.05, 3.63) is 18.6 Å². The Hall–Kier alpha value is -1.16. The first-order chi connectivity index (χ1) is 7.36. The van der Waals surface area contributed by atoms with Crippen molar-refractivity contribution >= 4 is 0 Å². The van der Waals surface area contributed by atoms with Crippen molar-refractivity contribution in [2.75, 3.05) is 13.1 Å². The highest BCUT2D eigenvalue weighted by atomic mass is 16.5. The van der Waals surface area contributed by atoms with Crippen LogP contribution in [0.1, 0.15) is 19.8 Å². The van der Waals surface area contributed by atoms with E-state index in [0.29, 0.717) is 11.8 Å². The molecule has 1 N–H and O–H groups in total. The van der Waals surface area contributed by atoms with E-state index in [1.807, 2.05) is 0 Å². The largest absolute Gasteiger partial charge is 0.473 e. The van der Waals surface area contributed by atoms with E-state index in [4.69, 9.17) is 4.74 Å². The Morgan fingerprint density at radius 3 is 2.87 bits per heavy atom. The SMILES string of the molecule is CC(Oc1cnccn1)C1CCNCC1. The number of nitrogens with zero attached hydrogens (tertiary/aromatic N) is 2. The van der Waals surface area contributed by atoms with E-state index in [-0.39, 0.29) is 6.10 Å². The number of hydrogen-bond donors (Lipinski definition) is 1. The normalized spacial score (nSPS) is 19.8. The van der Waals surface area contributed by atoms with Gasteiger partial charge in [0.1, 0.15) is 6.10 Å². The minimum absolute atomic E-state index is 0.226. The second kappa shape index (κ2) is 5.07. The Morgan fingerprint density at radius 2 is 2.20 bits per heavy atom. The summed E-state index contributed by atoms with van der Waals surface area (Å²) in [6, 6.07) is 0. The standard InChI is InChI=1S/C11H17N3O/c1-9(10-2-4-12-5-3-10)15-11-8-13-6-7-14-11/h6-10,12H,2-5H2,1H3. The number of hydrogen-bond acceptors (Lipinski definition) is 4. The fraction of sp³-hybridized carbons (Fsp3) is 0.636. The first-order valence-electron chi connectivity index (χ1n) is 5.49.